The predicted octanol–water partition coefficient (Wildman–Crippen LogP) is 7.04. The number of H-pyrrole nitrogens is 1. The molecule has 0 fully saturated rings. The number of aliphatic imine (C=N–C) groups is 1. The first-order valence-electron chi connectivity index (χ1n) is 13.3. The van der Waals surface area contributed by atoms with Crippen LogP contribution in [0.1, 0.15) is 57.3 Å². The van der Waals surface area contributed by atoms with E-state index < -0.39 is 0 Å². The number of rotatable bonds is 15. The number of aromatic amines is 1. The normalized spacial score (nSPS) is 12.6. The molecule has 0 aliphatic rings. The van der Waals surface area contributed by atoms with Crippen LogP contribution in [0, 0.1) is 5.92 Å². The van der Waals surface area contributed by atoms with Gasteiger partial charge in [0, 0.05) is 19.2 Å². The molecule has 1 aromatic heterocycles. The van der Waals surface area contributed by atoms with Gasteiger partial charge in [0.25, 0.3) is 0 Å². The summed E-state index contributed by atoms with van der Waals surface area (Å²) >= 11 is 0. The Hall–Kier alpha value is -3.18. The van der Waals surface area contributed by atoms with Crippen LogP contribution in [0.3, 0.4) is 0 Å². The number of nitrogens with one attached hydrogen (secondary N) is 2. The van der Waals surface area contributed by atoms with E-state index in [9.17, 15) is 0 Å². The van der Waals surface area contributed by atoms with E-state index in [1.807, 2.05) is 12.4 Å². The van der Waals surface area contributed by atoms with E-state index in [1.165, 1.54) is 36.8 Å². The van der Waals surface area contributed by atoms with Gasteiger partial charge in [-0.1, -0.05) is 75.2 Å². The van der Waals surface area contributed by atoms with Crippen molar-refractivity contribution >= 4 is 12.4 Å². The van der Waals surface area contributed by atoms with Gasteiger partial charge in [-0.05, 0) is 74.8 Å². The van der Waals surface area contributed by atoms with Gasteiger partial charge < -0.3 is 15.2 Å². The molecule has 0 aliphatic carbocycles. The SMILES string of the molecule is C=N/C=C(\NC[C@@H](C)CCCC)c1ccc(-c2ccc(-c3cnc(CCCCN(C)C)[nH]3)cc2)cc1. The number of aryl methyl sites for hydroxylation is 1. The number of nitrogens with zero attached hydrogens (tertiary/aromatic N) is 3. The van der Waals surface area contributed by atoms with Crippen molar-refractivity contribution in [2.24, 2.45) is 10.9 Å². The molecule has 2 N–H and O–H groups in total. The molecule has 192 valence electrons. The molecule has 3 rings (SSSR count). The Morgan fingerprint density at radius 1 is 1.03 bits per heavy atom. The van der Waals surface area contributed by atoms with Gasteiger partial charge in [-0.25, -0.2) is 4.98 Å². The van der Waals surface area contributed by atoms with Gasteiger partial charge in [0.05, 0.1) is 17.6 Å². The average Bonchev–Trinajstić information content (AvgIpc) is 3.37. The van der Waals surface area contributed by atoms with Crippen molar-refractivity contribution in [2.75, 3.05) is 27.2 Å². The molecule has 0 amide bonds. The standard InChI is InChI=1S/C31H43N5/c1-6-7-10-24(2)21-33-29(22-32-3)27-16-12-25(13-17-27)26-14-18-28(19-15-26)30-23-34-31(35-30)11-8-9-20-36(4)5/h12-19,22-24,33H,3,6-11,20-21H2,1-2,4-5H3,(H,34,35)/b29-22-/t24-/m0/s1. The maximum Gasteiger partial charge on any atom is 0.106 e. The van der Waals surface area contributed by atoms with E-state index in [4.69, 9.17) is 0 Å². The summed E-state index contributed by atoms with van der Waals surface area (Å²) in [4.78, 5) is 14.3. The number of hydrogen-bond acceptors (Lipinski definition) is 4. The van der Waals surface area contributed by atoms with Crippen molar-refractivity contribution in [1.82, 2.24) is 20.2 Å². The minimum atomic E-state index is 0.630. The van der Waals surface area contributed by atoms with E-state index in [-0.39, 0.29) is 0 Å². The molecule has 0 bridgehead atoms. The number of unbranched alkanes of at least 4 members (excludes halogenated alkanes) is 2. The van der Waals surface area contributed by atoms with Gasteiger partial charge in [-0.2, -0.15) is 0 Å². The summed E-state index contributed by atoms with van der Waals surface area (Å²) in [5.74, 6) is 1.69. The summed E-state index contributed by atoms with van der Waals surface area (Å²) in [6.45, 7) is 10.2. The summed E-state index contributed by atoms with van der Waals surface area (Å²) in [5.41, 5.74) is 6.77. The Bertz CT molecular complexity index is 1080. The molecular formula is C31H43N5. The van der Waals surface area contributed by atoms with Crippen LogP contribution in [0.2, 0.25) is 0 Å². The van der Waals surface area contributed by atoms with Crippen molar-refractivity contribution < 1.29 is 0 Å². The fourth-order valence-corrected chi connectivity index (χ4v) is 4.29. The van der Waals surface area contributed by atoms with Crippen LogP contribution < -0.4 is 5.32 Å². The van der Waals surface area contributed by atoms with Crippen LogP contribution in [-0.4, -0.2) is 48.8 Å². The molecule has 0 unspecified atom stereocenters. The molecule has 36 heavy (non-hydrogen) atoms. The average molecular weight is 486 g/mol. The topological polar surface area (TPSA) is 56.3 Å². The molecule has 2 aromatic carbocycles. The Morgan fingerprint density at radius 2 is 1.69 bits per heavy atom. The fraction of sp³-hybridized carbons (Fsp3) is 0.419. The summed E-state index contributed by atoms with van der Waals surface area (Å²) < 4.78 is 0. The van der Waals surface area contributed by atoms with Gasteiger partial charge in [0.15, 0.2) is 0 Å². The van der Waals surface area contributed by atoms with Gasteiger partial charge in [0.1, 0.15) is 5.82 Å². The highest BCUT2D eigenvalue weighted by atomic mass is 15.0. The van der Waals surface area contributed by atoms with E-state index in [0.29, 0.717) is 5.92 Å². The number of benzene rings is 2. The lowest BCUT2D eigenvalue weighted by molar-refractivity contribution is 0.394. The molecule has 1 heterocycles. The van der Waals surface area contributed by atoms with Crippen molar-refractivity contribution in [2.45, 2.75) is 52.4 Å². The molecule has 0 aliphatic heterocycles. The first-order valence-corrected chi connectivity index (χ1v) is 13.3. The lowest BCUT2D eigenvalue weighted by atomic mass is 10.0. The van der Waals surface area contributed by atoms with Crippen LogP contribution in [0.5, 0.6) is 0 Å². The van der Waals surface area contributed by atoms with Crippen LogP contribution >= 0.6 is 0 Å². The Morgan fingerprint density at radius 3 is 2.33 bits per heavy atom. The van der Waals surface area contributed by atoms with E-state index in [0.717, 1.165) is 54.3 Å². The third-order valence-electron chi connectivity index (χ3n) is 6.53. The maximum absolute atomic E-state index is 4.58. The highest BCUT2D eigenvalue weighted by molar-refractivity contribution is 5.72. The lowest BCUT2D eigenvalue weighted by Crippen LogP contribution is -2.20. The van der Waals surface area contributed by atoms with E-state index in [2.05, 4.69) is 108 Å². The third kappa shape index (κ3) is 8.49. The molecule has 5 nitrogen and oxygen atoms in total. The maximum atomic E-state index is 4.58. The first-order chi connectivity index (χ1) is 17.5. The summed E-state index contributed by atoms with van der Waals surface area (Å²) in [7, 11) is 4.23. The zero-order valence-electron chi connectivity index (χ0n) is 22.6. The van der Waals surface area contributed by atoms with Gasteiger partial charge in [0.2, 0.25) is 0 Å². The minimum Gasteiger partial charge on any atom is -0.383 e. The molecule has 3 aromatic rings. The second-order valence-electron chi connectivity index (χ2n) is 10.0. The van der Waals surface area contributed by atoms with Crippen LogP contribution in [-0.2, 0) is 6.42 Å². The van der Waals surface area contributed by atoms with Crippen LogP contribution in [0.15, 0.2) is 65.9 Å². The monoisotopic (exact) mass is 485 g/mol. The fourth-order valence-electron chi connectivity index (χ4n) is 4.29. The van der Waals surface area contributed by atoms with Crippen molar-refractivity contribution in [1.29, 1.82) is 0 Å². The number of aromatic nitrogens is 2. The molecule has 5 heteroatoms. The first kappa shape index (κ1) is 27.4. The number of hydrogen-bond donors (Lipinski definition) is 2. The van der Waals surface area contributed by atoms with Crippen molar-refractivity contribution in [3.8, 4) is 22.4 Å². The zero-order valence-corrected chi connectivity index (χ0v) is 22.6. The highest BCUT2D eigenvalue weighted by Crippen LogP contribution is 2.26. The Kier molecular flexibility index (Phi) is 11.0. The van der Waals surface area contributed by atoms with E-state index >= 15 is 0 Å². The molecule has 0 saturated carbocycles. The molecule has 1 atom stereocenters. The van der Waals surface area contributed by atoms with Crippen molar-refractivity contribution in [3.63, 3.8) is 0 Å². The highest BCUT2D eigenvalue weighted by Gasteiger charge is 2.08. The van der Waals surface area contributed by atoms with E-state index in [1.54, 1.807) is 0 Å². The second kappa shape index (κ2) is 14.4. The molecular weight excluding hydrogens is 442 g/mol. The third-order valence-corrected chi connectivity index (χ3v) is 6.53. The van der Waals surface area contributed by atoms with Crippen molar-refractivity contribution in [3.05, 3.63) is 72.3 Å². The number of imidazole rings is 1. The summed E-state index contributed by atoms with van der Waals surface area (Å²) in [6, 6.07) is 17.3. The molecule has 0 spiro atoms. The van der Waals surface area contributed by atoms with Gasteiger partial charge in [-0.15, -0.1) is 0 Å². The second-order valence-corrected chi connectivity index (χ2v) is 10.0. The lowest BCUT2D eigenvalue weighted by Gasteiger charge is -2.16. The zero-order chi connectivity index (χ0) is 25.8. The quantitative estimate of drug-likeness (QED) is 0.179. The summed E-state index contributed by atoms with van der Waals surface area (Å²) in [5, 5.41) is 3.57. The predicted molar refractivity (Wildman–Crippen MR) is 155 cm³/mol. The van der Waals surface area contributed by atoms with Gasteiger partial charge in [-0.3, -0.25) is 4.99 Å². The smallest absolute Gasteiger partial charge is 0.106 e. The Balaban J connectivity index is 1.60. The van der Waals surface area contributed by atoms with Gasteiger partial charge >= 0.3 is 0 Å². The summed E-state index contributed by atoms with van der Waals surface area (Å²) in [6.07, 6.45) is 10.8. The van der Waals surface area contributed by atoms with Crippen LogP contribution in [0.25, 0.3) is 28.1 Å². The van der Waals surface area contributed by atoms with Crippen LogP contribution in [0.4, 0.5) is 0 Å². The molecule has 0 saturated heterocycles. The Labute approximate surface area is 217 Å². The largest absolute Gasteiger partial charge is 0.383 e. The minimum absolute atomic E-state index is 0.630. The molecule has 0 radical (unpaired) electrons.